The summed E-state index contributed by atoms with van der Waals surface area (Å²) in [6.07, 6.45) is 1.06. The second-order valence-electron chi connectivity index (χ2n) is 4.31. The van der Waals surface area contributed by atoms with E-state index in [1.807, 2.05) is 12.1 Å². The zero-order valence-corrected chi connectivity index (χ0v) is 12.9. The smallest absolute Gasteiger partial charge is 0.188 e. The van der Waals surface area contributed by atoms with Gasteiger partial charge in [-0.15, -0.1) is 0 Å². The molecule has 4 heteroatoms. The summed E-state index contributed by atoms with van der Waals surface area (Å²) < 4.78 is 2.27. The number of aryl methyl sites for hydroxylation is 1. The second-order valence-corrected chi connectivity index (χ2v) is 6.25. The molecule has 2 aromatic carbocycles. The Balaban J connectivity index is 1.87. The molecule has 1 aromatic heterocycles. The number of rotatable bonds is 3. The van der Waals surface area contributed by atoms with Crippen LogP contribution >= 0.6 is 27.3 Å². The fourth-order valence-corrected chi connectivity index (χ4v) is 3.34. The SMILES string of the molecule is CCc1ccc(Nc2nc3ccc(Br)cc3s2)cc1. The zero-order chi connectivity index (χ0) is 13.2. The topological polar surface area (TPSA) is 24.9 Å². The molecule has 19 heavy (non-hydrogen) atoms. The lowest BCUT2D eigenvalue weighted by Gasteiger charge is -2.03. The van der Waals surface area contributed by atoms with E-state index in [0.29, 0.717) is 0 Å². The predicted molar refractivity (Wildman–Crippen MR) is 86.4 cm³/mol. The van der Waals surface area contributed by atoms with Crippen molar-refractivity contribution in [3.8, 4) is 0 Å². The maximum atomic E-state index is 4.58. The molecule has 0 amide bonds. The van der Waals surface area contributed by atoms with Gasteiger partial charge < -0.3 is 5.32 Å². The van der Waals surface area contributed by atoms with Gasteiger partial charge in [0.05, 0.1) is 10.2 Å². The van der Waals surface area contributed by atoms with E-state index in [1.54, 1.807) is 11.3 Å². The molecule has 0 bridgehead atoms. The summed E-state index contributed by atoms with van der Waals surface area (Å²) >= 11 is 5.15. The first-order valence-corrected chi connectivity index (χ1v) is 7.77. The van der Waals surface area contributed by atoms with Gasteiger partial charge in [-0.1, -0.05) is 46.3 Å². The van der Waals surface area contributed by atoms with Crippen molar-refractivity contribution < 1.29 is 0 Å². The predicted octanol–water partition coefficient (Wildman–Crippen LogP) is 5.36. The van der Waals surface area contributed by atoms with Crippen LogP contribution in [0.3, 0.4) is 0 Å². The van der Waals surface area contributed by atoms with Gasteiger partial charge in [0, 0.05) is 10.2 Å². The fraction of sp³-hybridized carbons (Fsp3) is 0.133. The largest absolute Gasteiger partial charge is 0.332 e. The van der Waals surface area contributed by atoms with Crippen LogP contribution in [-0.2, 0) is 6.42 Å². The number of nitrogens with zero attached hydrogens (tertiary/aromatic N) is 1. The van der Waals surface area contributed by atoms with Crippen LogP contribution in [0.15, 0.2) is 46.9 Å². The van der Waals surface area contributed by atoms with Crippen molar-refractivity contribution in [3.63, 3.8) is 0 Å². The van der Waals surface area contributed by atoms with Gasteiger partial charge in [0.25, 0.3) is 0 Å². The van der Waals surface area contributed by atoms with E-state index in [0.717, 1.165) is 27.2 Å². The number of anilines is 2. The Morgan fingerprint density at radius 1 is 1.16 bits per heavy atom. The van der Waals surface area contributed by atoms with Gasteiger partial charge >= 0.3 is 0 Å². The van der Waals surface area contributed by atoms with Crippen molar-refractivity contribution in [2.45, 2.75) is 13.3 Å². The van der Waals surface area contributed by atoms with Crippen LogP contribution < -0.4 is 5.32 Å². The Bertz CT molecular complexity index is 704. The number of fused-ring (bicyclic) bond motifs is 1. The van der Waals surface area contributed by atoms with E-state index in [-0.39, 0.29) is 0 Å². The highest BCUT2D eigenvalue weighted by molar-refractivity contribution is 9.10. The highest BCUT2D eigenvalue weighted by Crippen LogP contribution is 2.30. The summed E-state index contributed by atoms with van der Waals surface area (Å²) in [5.74, 6) is 0. The summed E-state index contributed by atoms with van der Waals surface area (Å²) in [7, 11) is 0. The van der Waals surface area contributed by atoms with Crippen LogP contribution in [0.1, 0.15) is 12.5 Å². The summed E-state index contributed by atoms with van der Waals surface area (Å²) in [6.45, 7) is 2.16. The molecule has 2 nitrogen and oxygen atoms in total. The van der Waals surface area contributed by atoms with Crippen LogP contribution in [0.5, 0.6) is 0 Å². The van der Waals surface area contributed by atoms with Gasteiger partial charge in [0.2, 0.25) is 0 Å². The maximum Gasteiger partial charge on any atom is 0.188 e. The molecular formula is C15H13BrN2S. The van der Waals surface area contributed by atoms with Gasteiger partial charge in [-0.2, -0.15) is 0 Å². The summed E-state index contributed by atoms with van der Waals surface area (Å²) in [5.41, 5.74) is 3.45. The molecule has 0 aliphatic heterocycles. The third-order valence-corrected chi connectivity index (χ3v) is 4.39. The summed E-state index contributed by atoms with van der Waals surface area (Å²) in [4.78, 5) is 4.58. The van der Waals surface area contributed by atoms with Crippen molar-refractivity contribution in [2.75, 3.05) is 5.32 Å². The van der Waals surface area contributed by atoms with E-state index >= 15 is 0 Å². The fourth-order valence-electron chi connectivity index (χ4n) is 1.90. The Morgan fingerprint density at radius 2 is 1.95 bits per heavy atom. The molecule has 96 valence electrons. The van der Waals surface area contributed by atoms with Gasteiger partial charge in [-0.3, -0.25) is 0 Å². The van der Waals surface area contributed by atoms with Crippen LogP contribution in [0, 0.1) is 0 Å². The van der Waals surface area contributed by atoms with E-state index < -0.39 is 0 Å². The first kappa shape index (κ1) is 12.6. The maximum absolute atomic E-state index is 4.58. The molecule has 1 N–H and O–H groups in total. The minimum absolute atomic E-state index is 0.928. The molecule has 0 aliphatic rings. The minimum Gasteiger partial charge on any atom is -0.332 e. The number of hydrogen-bond acceptors (Lipinski definition) is 3. The molecule has 0 aliphatic carbocycles. The molecule has 3 rings (SSSR count). The minimum atomic E-state index is 0.928. The molecule has 0 fully saturated rings. The average Bonchev–Trinajstić information content (AvgIpc) is 2.81. The number of aromatic nitrogens is 1. The number of benzene rings is 2. The lowest BCUT2D eigenvalue weighted by molar-refractivity contribution is 1.14. The molecular weight excluding hydrogens is 320 g/mol. The van der Waals surface area contributed by atoms with Crippen LogP contribution in [0.2, 0.25) is 0 Å². The third-order valence-electron chi connectivity index (χ3n) is 2.96. The molecule has 0 saturated heterocycles. The van der Waals surface area contributed by atoms with Crippen LogP contribution in [0.4, 0.5) is 10.8 Å². The van der Waals surface area contributed by atoms with E-state index in [9.17, 15) is 0 Å². The normalized spacial score (nSPS) is 10.8. The first-order chi connectivity index (χ1) is 9.24. The molecule has 0 radical (unpaired) electrons. The molecule has 0 spiro atoms. The van der Waals surface area contributed by atoms with Gasteiger partial charge in [0.1, 0.15) is 0 Å². The van der Waals surface area contributed by atoms with Crippen molar-refractivity contribution in [3.05, 3.63) is 52.5 Å². The van der Waals surface area contributed by atoms with E-state index in [4.69, 9.17) is 0 Å². The van der Waals surface area contributed by atoms with Crippen LogP contribution in [0.25, 0.3) is 10.2 Å². The Labute approximate surface area is 124 Å². The lowest BCUT2D eigenvalue weighted by atomic mass is 10.1. The van der Waals surface area contributed by atoms with Crippen molar-refractivity contribution in [1.82, 2.24) is 4.98 Å². The van der Waals surface area contributed by atoms with Gasteiger partial charge in [0.15, 0.2) is 5.13 Å². The van der Waals surface area contributed by atoms with Crippen LogP contribution in [-0.4, -0.2) is 4.98 Å². The first-order valence-electron chi connectivity index (χ1n) is 6.16. The molecule has 1 heterocycles. The number of halogens is 1. The average molecular weight is 333 g/mol. The highest BCUT2D eigenvalue weighted by Gasteiger charge is 2.04. The second kappa shape index (κ2) is 5.31. The van der Waals surface area contributed by atoms with E-state index in [2.05, 4.69) is 63.5 Å². The standard InChI is InChI=1S/C15H13BrN2S/c1-2-10-3-6-12(7-4-10)17-15-18-13-8-5-11(16)9-14(13)19-15/h3-9H,2H2,1H3,(H,17,18). The Kier molecular flexibility index (Phi) is 3.53. The van der Waals surface area contributed by atoms with E-state index in [1.165, 1.54) is 10.3 Å². The quantitative estimate of drug-likeness (QED) is 0.697. The van der Waals surface area contributed by atoms with Gasteiger partial charge in [-0.05, 0) is 42.3 Å². The molecule has 0 unspecified atom stereocenters. The molecule has 3 aromatic rings. The number of nitrogens with one attached hydrogen (secondary N) is 1. The zero-order valence-electron chi connectivity index (χ0n) is 10.5. The molecule has 0 atom stereocenters. The van der Waals surface area contributed by atoms with Crippen molar-refractivity contribution >= 4 is 48.3 Å². The summed E-state index contributed by atoms with van der Waals surface area (Å²) in [5, 5.41) is 4.28. The summed E-state index contributed by atoms with van der Waals surface area (Å²) in [6, 6.07) is 14.6. The lowest BCUT2D eigenvalue weighted by Crippen LogP contribution is -1.89. The Hall–Kier alpha value is -1.39. The number of thiazole rings is 1. The van der Waals surface area contributed by atoms with Gasteiger partial charge in [-0.25, -0.2) is 4.98 Å². The molecule has 0 saturated carbocycles. The monoisotopic (exact) mass is 332 g/mol. The van der Waals surface area contributed by atoms with Crippen molar-refractivity contribution in [1.29, 1.82) is 0 Å². The third kappa shape index (κ3) is 2.80. The number of hydrogen-bond donors (Lipinski definition) is 1. The van der Waals surface area contributed by atoms with Crippen molar-refractivity contribution in [2.24, 2.45) is 0 Å². The Morgan fingerprint density at radius 3 is 2.68 bits per heavy atom. The highest BCUT2D eigenvalue weighted by atomic mass is 79.9.